The molecule has 6 aromatic carbocycles. The molecule has 0 saturated carbocycles. The van der Waals surface area contributed by atoms with Gasteiger partial charge in [0.25, 0.3) is 0 Å². The molecule has 0 N–H and O–H groups in total. The molecule has 0 aliphatic heterocycles. The molecule has 8 aromatic rings. The van der Waals surface area contributed by atoms with Crippen LogP contribution in [0.5, 0.6) is 0 Å². The van der Waals surface area contributed by atoms with E-state index in [9.17, 15) is 0 Å². The molecule has 2 heterocycles. The van der Waals surface area contributed by atoms with Crippen molar-refractivity contribution in [2.24, 2.45) is 14.1 Å². The van der Waals surface area contributed by atoms with Gasteiger partial charge >= 0.3 is 0 Å². The van der Waals surface area contributed by atoms with Crippen molar-refractivity contribution >= 4 is 43.6 Å². The van der Waals surface area contributed by atoms with E-state index in [-0.39, 0.29) is 0 Å². The highest BCUT2D eigenvalue weighted by molar-refractivity contribution is 6.11. The Morgan fingerprint density at radius 2 is 0.850 bits per heavy atom. The second-order valence-corrected chi connectivity index (χ2v) is 10.3. The van der Waals surface area contributed by atoms with Gasteiger partial charge in [0.1, 0.15) is 0 Å². The van der Waals surface area contributed by atoms with Gasteiger partial charge in [-0.2, -0.15) is 0 Å². The van der Waals surface area contributed by atoms with Crippen LogP contribution < -0.4 is 9.13 Å². The maximum atomic E-state index is 3.60. The smallest absolute Gasteiger partial charge is 0.244 e. The van der Waals surface area contributed by atoms with Gasteiger partial charge in [0, 0.05) is 0 Å². The van der Waals surface area contributed by atoms with Crippen molar-refractivity contribution in [3.05, 3.63) is 134 Å². The highest BCUT2D eigenvalue weighted by Crippen LogP contribution is 2.43. The van der Waals surface area contributed by atoms with Gasteiger partial charge in [-0.05, 0) is 32.7 Å². The van der Waals surface area contributed by atoms with Gasteiger partial charge in [-0.3, -0.25) is 0 Å². The first-order chi connectivity index (χ1) is 19.7. The first kappa shape index (κ1) is 22.7. The summed E-state index contributed by atoms with van der Waals surface area (Å²) in [6.07, 6.45) is 7.20. The Labute approximate surface area is 232 Å². The third-order valence-corrected chi connectivity index (χ3v) is 8.01. The lowest BCUT2D eigenvalue weighted by Crippen LogP contribution is -2.26. The third-order valence-electron chi connectivity index (χ3n) is 8.01. The largest absolute Gasteiger partial charge is 0.319 e. The van der Waals surface area contributed by atoms with E-state index < -0.39 is 0 Å². The van der Waals surface area contributed by atoms with Crippen molar-refractivity contribution in [2.45, 2.75) is 0 Å². The van der Waals surface area contributed by atoms with Crippen LogP contribution in [-0.4, -0.2) is 9.13 Å². The fourth-order valence-electron chi connectivity index (χ4n) is 6.17. The summed E-state index contributed by atoms with van der Waals surface area (Å²) in [6.45, 7) is 0. The number of fused-ring (bicyclic) bond motifs is 4. The maximum absolute atomic E-state index is 3.60. The summed E-state index contributed by atoms with van der Waals surface area (Å²) in [4.78, 5) is 0. The zero-order chi connectivity index (χ0) is 26.8. The van der Waals surface area contributed by atoms with E-state index in [1.807, 2.05) is 0 Å². The Hall–Kier alpha value is -5.22. The van der Waals surface area contributed by atoms with E-state index in [2.05, 4.69) is 166 Å². The molecule has 0 fully saturated rings. The number of benzene rings is 6. The molecule has 190 valence electrons. The van der Waals surface area contributed by atoms with Crippen molar-refractivity contribution in [1.82, 2.24) is 9.13 Å². The number of hydrogen-bond acceptors (Lipinski definition) is 0. The zero-order valence-corrected chi connectivity index (χ0v) is 22.3. The van der Waals surface area contributed by atoms with Gasteiger partial charge in [0.2, 0.25) is 12.7 Å². The molecule has 0 radical (unpaired) electrons. The van der Waals surface area contributed by atoms with Crippen LogP contribution in [0.1, 0.15) is 0 Å². The number of para-hydroxylation sites is 4. The van der Waals surface area contributed by atoms with Gasteiger partial charge in [-0.15, -0.1) is 0 Å². The Balaban J connectivity index is 1.58. The lowest BCUT2D eigenvalue weighted by molar-refractivity contribution is -0.649. The van der Waals surface area contributed by atoms with Crippen LogP contribution in [0.25, 0.3) is 66.1 Å². The Kier molecular flexibility index (Phi) is 4.92. The topological polar surface area (TPSA) is 17.6 Å². The molecule has 4 nitrogen and oxygen atoms in total. The van der Waals surface area contributed by atoms with E-state index >= 15 is 0 Å². The minimum Gasteiger partial charge on any atom is -0.319 e. The van der Waals surface area contributed by atoms with Crippen molar-refractivity contribution in [1.29, 1.82) is 0 Å². The SMILES string of the molecule is C[n+]1[c-]n(-c2ccc3ccccc3c2-c2c(-n3[c-][n+](C)c4ccccc43)ccc3ccccc23)c2ccccc21. The van der Waals surface area contributed by atoms with Crippen molar-refractivity contribution in [3.8, 4) is 22.5 Å². The molecule has 0 amide bonds. The van der Waals surface area contributed by atoms with Crippen molar-refractivity contribution < 1.29 is 9.13 Å². The number of aryl methyl sites for hydroxylation is 2. The van der Waals surface area contributed by atoms with Gasteiger partial charge in [-0.25, -0.2) is 0 Å². The summed E-state index contributed by atoms with van der Waals surface area (Å²) < 4.78 is 8.57. The predicted molar refractivity (Wildman–Crippen MR) is 161 cm³/mol. The Morgan fingerprint density at radius 1 is 0.450 bits per heavy atom. The van der Waals surface area contributed by atoms with Crippen LogP contribution in [0, 0.1) is 12.7 Å². The molecule has 0 saturated heterocycles. The summed E-state index contributed by atoms with van der Waals surface area (Å²) in [7, 11) is 4.12. The third kappa shape index (κ3) is 3.26. The molecule has 2 aromatic heterocycles. The second kappa shape index (κ2) is 8.65. The van der Waals surface area contributed by atoms with Gasteiger partial charge in [0.15, 0.2) is 0 Å². The predicted octanol–water partition coefficient (Wildman–Crippen LogP) is 6.80. The molecule has 4 heteroatoms. The van der Waals surface area contributed by atoms with Crippen LogP contribution >= 0.6 is 0 Å². The van der Waals surface area contributed by atoms with E-state index in [0.29, 0.717) is 0 Å². The maximum Gasteiger partial charge on any atom is 0.244 e. The summed E-state index contributed by atoms with van der Waals surface area (Å²) in [6, 6.07) is 43.3. The second-order valence-electron chi connectivity index (χ2n) is 10.3. The minimum absolute atomic E-state index is 1.09. The van der Waals surface area contributed by atoms with Crippen LogP contribution in [-0.2, 0) is 14.1 Å². The fraction of sp³-hybridized carbons (Fsp3) is 0.0556. The molecule has 0 spiro atoms. The monoisotopic (exact) mass is 514 g/mol. The molecule has 0 aliphatic carbocycles. The normalized spacial score (nSPS) is 11.8. The number of aromatic nitrogens is 4. The fourth-order valence-corrected chi connectivity index (χ4v) is 6.17. The molecular weight excluding hydrogens is 488 g/mol. The number of nitrogens with zero attached hydrogens (tertiary/aromatic N) is 4. The molecule has 0 bridgehead atoms. The molecule has 40 heavy (non-hydrogen) atoms. The zero-order valence-electron chi connectivity index (χ0n) is 22.3. The molecular formula is C36H26N4. The summed E-state index contributed by atoms with van der Waals surface area (Å²) >= 11 is 0. The van der Waals surface area contributed by atoms with E-state index in [4.69, 9.17) is 0 Å². The quantitative estimate of drug-likeness (QED) is 0.182. The lowest BCUT2D eigenvalue weighted by atomic mass is 9.90. The highest BCUT2D eigenvalue weighted by atomic mass is 15.1. The van der Waals surface area contributed by atoms with E-state index in [0.717, 1.165) is 33.4 Å². The van der Waals surface area contributed by atoms with Crippen molar-refractivity contribution in [3.63, 3.8) is 0 Å². The number of hydrogen-bond donors (Lipinski definition) is 0. The minimum atomic E-state index is 1.09. The van der Waals surface area contributed by atoms with E-state index in [1.54, 1.807) is 0 Å². The van der Waals surface area contributed by atoms with Crippen LogP contribution in [0.4, 0.5) is 0 Å². The van der Waals surface area contributed by atoms with Crippen molar-refractivity contribution in [2.75, 3.05) is 0 Å². The summed E-state index contributed by atoms with van der Waals surface area (Å²) in [5.41, 5.74) is 9.05. The van der Waals surface area contributed by atoms with E-state index in [1.165, 1.54) is 32.7 Å². The highest BCUT2D eigenvalue weighted by Gasteiger charge is 2.20. The molecule has 0 atom stereocenters. The summed E-state index contributed by atoms with van der Waals surface area (Å²) in [5, 5.41) is 4.81. The van der Waals surface area contributed by atoms with Gasteiger partial charge < -0.3 is 18.3 Å². The Bertz CT molecular complexity index is 2090. The lowest BCUT2D eigenvalue weighted by Gasteiger charge is -2.22. The van der Waals surface area contributed by atoms with Crippen LogP contribution in [0.15, 0.2) is 121 Å². The Morgan fingerprint density at radius 3 is 1.32 bits per heavy atom. The molecule has 8 rings (SSSR count). The first-order valence-electron chi connectivity index (χ1n) is 13.5. The average Bonchev–Trinajstić information content (AvgIpc) is 3.52. The number of imidazole rings is 2. The van der Waals surface area contributed by atoms with Gasteiger partial charge in [-0.1, -0.05) is 121 Å². The summed E-state index contributed by atoms with van der Waals surface area (Å²) in [5.74, 6) is 0. The van der Waals surface area contributed by atoms with Crippen LogP contribution in [0.3, 0.4) is 0 Å². The van der Waals surface area contributed by atoms with Crippen LogP contribution in [0.2, 0.25) is 0 Å². The average molecular weight is 515 g/mol. The molecule has 0 unspecified atom stereocenters. The molecule has 0 aliphatic rings. The number of rotatable bonds is 3. The van der Waals surface area contributed by atoms with Gasteiger partial charge in [0.05, 0.1) is 47.5 Å². The first-order valence-corrected chi connectivity index (χ1v) is 13.5. The standard InChI is InChI=1S/C36H26N4/c1-37-23-39(31-17-9-7-15-29(31)37)33-21-19-25-11-3-5-13-27(25)35(33)36-28-14-6-4-12-26(28)20-22-34(36)40-24-38(2)30-16-8-10-18-32(30)40/h3-22H,1-2H3.